The Morgan fingerprint density at radius 2 is 1.95 bits per heavy atom. The van der Waals surface area contributed by atoms with E-state index in [0.29, 0.717) is 22.3 Å². The third kappa shape index (κ3) is 1.81. The first-order valence-corrected chi connectivity index (χ1v) is 5.94. The van der Waals surface area contributed by atoms with Crippen LogP contribution < -0.4 is 5.73 Å². The van der Waals surface area contributed by atoms with Crippen molar-refractivity contribution in [3.05, 3.63) is 54.0 Å². The fraction of sp³-hybridized carbons (Fsp3) is 0.0667. The zero-order valence-corrected chi connectivity index (χ0v) is 10.4. The molecule has 0 bridgehead atoms. The molecular weight excluding hydrogens is 241 g/mol. The van der Waals surface area contributed by atoms with Crippen LogP contribution in [0.3, 0.4) is 0 Å². The Hall–Kier alpha value is -2.49. The first-order valence-electron chi connectivity index (χ1n) is 5.94. The average molecular weight is 253 g/mol. The predicted octanol–water partition coefficient (Wildman–Crippen LogP) is 3.33. The van der Waals surface area contributed by atoms with E-state index in [2.05, 4.69) is 9.97 Å². The Kier molecular flexibility index (Phi) is 2.63. The molecule has 0 spiro atoms. The first kappa shape index (κ1) is 11.6. The van der Waals surface area contributed by atoms with Gasteiger partial charge in [-0.3, -0.25) is 4.98 Å². The molecule has 0 amide bonds. The van der Waals surface area contributed by atoms with E-state index in [1.165, 1.54) is 6.07 Å². The molecule has 0 radical (unpaired) electrons. The number of benzene rings is 1. The third-order valence-corrected chi connectivity index (χ3v) is 3.16. The van der Waals surface area contributed by atoms with Crippen molar-refractivity contribution in [2.45, 2.75) is 6.92 Å². The normalized spacial score (nSPS) is 10.8. The molecule has 3 aromatic rings. The number of nitrogens with two attached hydrogens (primary N) is 1. The third-order valence-electron chi connectivity index (χ3n) is 3.16. The minimum absolute atomic E-state index is 0.349. The van der Waals surface area contributed by atoms with Crippen LogP contribution in [0.5, 0.6) is 0 Å². The molecule has 2 N–H and O–H groups in total. The summed E-state index contributed by atoms with van der Waals surface area (Å²) in [6, 6.07) is 10.3. The highest BCUT2D eigenvalue weighted by Crippen LogP contribution is 2.31. The van der Waals surface area contributed by atoms with Crippen molar-refractivity contribution < 1.29 is 4.39 Å². The largest absolute Gasteiger partial charge is 0.398 e. The van der Waals surface area contributed by atoms with Crippen LogP contribution in [0.4, 0.5) is 10.1 Å². The minimum atomic E-state index is -0.349. The highest BCUT2D eigenvalue weighted by atomic mass is 19.1. The maximum absolute atomic E-state index is 13.8. The van der Waals surface area contributed by atoms with Crippen LogP contribution in [-0.4, -0.2) is 9.97 Å². The Morgan fingerprint density at radius 3 is 2.68 bits per heavy atom. The summed E-state index contributed by atoms with van der Waals surface area (Å²) in [6.45, 7) is 1.83. The van der Waals surface area contributed by atoms with Crippen LogP contribution in [0.15, 0.2) is 42.6 Å². The van der Waals surface area contributed by atoms with Gasteiger partial charge in [-0.05, 0) is 31.2 Å². The molecule has 2 heterocycles. The first-order chi connectivity index (χ1) is 9.18. The summed E-state index contributed by atoms with van der Waals surface area (Å²) >= 11 is 0. The second-order valence-electron chi connectivity index (χ2n) is 4.35. The fourth-order valence-electron chi connectivity index (χ4n) is 2.14. The number of aromatic nitrogens is 2. The second kappa shape index (κ2) is 4.31. The van der Waals surface area contributed by atoms with Crippen molar-refractivity contribution >= 4 is 16.6 Å². The van der Waals surface area contributed by atoms with Crippen LogP contribution in [0, 0.1) is 12.7 Å². The molecule has 1 aromatic carbocycles. The molecule has 94 valence electrons. The fourth-order valence-corrected chi connectivity index (χ4v) is 2.14. The number of nitrogen functional groups attached to an aromatic ring is 1. The van der Waals surface area contributed by atoms with Crippen molar-refractivity contribution in [2.24, 2.45) is 0 Å². The van der Waals surface area contributed by atoms with Gasteiger partial charge in [0.25, 0.3) is 0 Å². The SMILES string of the molecule is Cc1c(-c2ccccn2)nc2cccc(F)c2c1N. The van der Waals surface area contributed by atoms with Gasteiger partial charge >= 0.3 is 0 Å². The van der Waals surface area contributed by atoms with Gasteiger partial charge in [0.1, 0.15) is 5.82 Å². The van der Waals surface area contributed by atoms with Crippen molar-refractivity contribution in [1.82, 2.24) is 9.97 Å². The van der Waals surface area contributed by atoms with E-state index in [1.807, 2.05) is 25.1 Å². The maximum Gasteiger partial charge on any atom is 0.134 e. The Bertz CT molecular complexity index is 754. The average Bonchev–Trinajstić information content (AvgIpc) is 2.43. The number of nitrogens with zero attached hydrogens (tertiary/aromatic N) is 2. The number of rotatable bonds is 1. The van der Waals surface area contributed by atoms with E-state index in [0.717, 1.165) is 11.3 Å². The van der Waals surface area contributed by atoms with Gasteiger partial charge in [0.15, 0.2) is 0 Å². The summed E-state index contributed by atoms with van der Waals surface area (Å²) in [7, 11) is 0. The lowest BCUT2D eigenvalue weighted by Gasteiger charge is -2.11. The van der Waals surface area contributed by atoms with E-state index in [1.54, 1.807) is 18.3 Å². The van der Waals surface area contributed by atoms with Gasteiger partial charge in [0, 0.05) is 17.4 Å². The molecule has 4 heteroatoms. The van der Waals surface area contributed by atoms with Gasteiger partial charge in [-0.15, -0.1) is 0 Å². The van der Waals surface area contributed by atoms with Crippen LogP contribution in [0.25, 0.3) is 22.3 Å². The topological polar surface area (TPSA) is 51.8 Å². The molecule has 3 nitrogen and oxygen atoms in total. The minimum Gasteiger partial charge on any atom is -0.398 e. The standard InChI is InChI=1S/C15H12FN3/c1-9-14(17)13-10(16)5-4-7-11(13)19-15(9)12-6-2-3-8-18-12/h2-8H,1H3,(H2,17,19). The number of hydrogen-bond acceptors (Lipinski definition) is 3. The van der Waals surface area contributed by atoms with E-state index < -0.39 is 0 Å². The van der Waals surface area contributed by atoms with Crippen molar-refractivity contribution in [3.8, 4) is 11.4 Å². The van der Waals surface area contributed by atoms with Gasteiger partial charge in [0.2, 0.25) is 0 Å². The molecule has 0 aliphatic carbocycles. The summed E-state index contributed by atoms with van der Waals surface area (Å²) in [5.74, 6) is -0.349. The number of anilines is 1. The van der Waals surface area contributed by atoms with Crippen LogP contribution >= 0.6 is 0 Å². The highest BCUT2D eigenvalue weighted by Gasteiger charge is 2.14. The Balaban J connectivity index is 2.37. The zero-order chi connectivity index (χ0) is 13.4. The van der Waals surface area contributed by atoms with Crippen LogP contribution in [-0.2, 0) is 0 Å². The molecule has 0 saturated heterocycles. The van der Waals surface area contributed by atoms with Gasteiger partial charge < -0.3 is 5.73 Å². The lowest BCUT2D eigenvalue weighted by molar-refractivity contribution is 0.640. The predicted molar refractivity (Wildman–Crippen MR) is 74.1 cm³/mol. The van der Waals surface area contributed by atoms with Crippen LogP contribution in [0.2, 0.25) is 0 Å². The number of pyridine rings is 2. The van der Waals surface area contributed by atoms with Gasteiger partial charge in [-0.2, -0.15) is 0 Å². The monoisotopic (exact) mass is 253 g/mol. The molecule has 19 heavy (non-hydrogen) atoms. The van der Waals surface area contributed by atoms with Crippen LogP contribution in [0.1, 0.15) is 5.56 Å². The van der Waals surface area contributed by atoms with Gasteiger partial charge in [-0.1, -0.05) is 12.1 Å². The molecule has 3 rings (SSSR count). The van der Waals surface area contributed by atoms with E-state index in [4.69, 9.17) is 5.73 Å². The molecule has 0 fully saturated rings. The lowest BCUT2D eigenvalue weighted by Crippen LogP contribution is -2.00. The van der Waals surface area contributed by atoms with E-state index in [9.17, 15) is 4.39 Å². The zero-order valence-electron chi connectivity index (χ0n) is 10.4. The summed E-state index contributed by atoms with van der Waals surface area (Å²) in [6.07, 6.45) is 1.70. The quantitative estimate of drug-likeness (QED) is 0.723. The maximum atomic E-state index is 13.8. The molecule has 0 atom stereocenters. The van der Waals surface area contributed by atoms with Gasteiger partial charge in [0.05, 0.1) is 22.3 Å². The molecule has 2 aromatic heterocycles. The second-order valence-corrected chi connectivity index (χ2v) is 4.35. The molecular formula is C15H12FN3. The molecule has 0 unspecified atom stereocenters. The molecule has 0 saturated carbocycles. The number of fused-ring (bicyclic) bond motifs is 1. The Labute approximate surface area is 109 Å². The van der Waals surface area contributed by atoms with Crippen molar-refractivity contribution in [1.29, 1.82) is 0 Å². The Morgan fingerprint density at radius 1 is 1.11 bits per heavy atom. The van der Waals surface area contributed by atoms with E-state index in [-0.39, 0.29) is 5.82 Å². The van der Waals surface area contributed by atoms with Gasteiger partial charge in [-0.25, -0.2) is 9.37 Å². The van der Waals surface area contributed by atoms with Crippen molar-refractivity contribution in [2.75, 3.05) is 5.73 Å². The van der Waals surface area contributed by atoms with E-state index >= 15 is 0 Å². The summed E-state index contributed by atoms with van der Waals surface area (Å²) in [5, 5.41) is 0.375. The summed E-state index contributed by atoms with van der Waals surface area (Å²) < 4.78 is 13.8. The summed E-state index contributed by atoms with van der Waals surface area (Å²) in [5.41, 5.74) is 9.19. The lowest BCUT2D eigenvalue weighted by atomic mass is 10.0. The summed E-state index contributed by atoms with van der Waals surface area (Å²) in [4.78, 5) is 8.75. The number of halogens is 1. The highest BCUT2D eigenvalue weighted by molar-refractivity contribution is 5.95. The van der Waals surface area contributed by atoms with Crippen molar-refractivity contribution in [3.63, 3.8) is 0 Å². The smallest absolute Gasteiger partial charge is 0.134 e. The molecule has 0 aliphatic heterocycles. The number of hydrogen-bond donors (Lipinski definition) is 1. The molecule has 0 aliphatic rings.